The molecular weight excluding hydrogens is 396 g/mol. The third kappa shape index (κ3) is 5.32. The summed E-state index contributed by atoms with van der Waals surface area (Å²) in [5, 5.41) is 6.47. The lowest BCUT2D eigenvalue weighted by Gasteiger charge is -2.21. The molecular formula is C19H20N4O5S. The predicted molar refractivity (Wildman–Crippen MR) is 107 cm³/mol. The van der Waals surface area contributed by atoms with Gasteiger partial charge >= 0.3 is 0 Å². The van der Waals surface area contributed by atoms with E-state index in [1.165, 1.54) is 7.11 Å². The Morgan fingerprint density at radius 3 is 2.45 bits per heavy atom. The van der Waals surface area contributed by atoms with Gasteiger partial charge in [0, 0.05) is 5.56 Å². The van der Waals surface area contributed by atoms with Gasteiger partial charge < -0.3 is 14.6 Å². The lowest BCUT2D eigenvalue weighted by molar-refractivity contribution is -0.119. The third-order valence-corrected chi connectivity index (χ3v) is 5.13. The average molecular weight is 416 g/mol. The number of aromatic nitrogens is 2. The van der Waals surface area contributed by atoms with Crippen LogP contribution < -0.4 is 14.4 Å². The molecule has 0 radical (unpaired) electrons. The minimum absolute atomic E-state index is 0.0150. The molecule has 0 atom stereocenters. The fraction of sp³-hybridized carbons (Fsp3) is 0.211. The summed E-state index contributed by atoms with van der Waals surface area (Å²) in [6, 6.07) is 15.6. The zero-order chi connectivity index (χ0) is 20.9. The predicted octanol–water partition coefficient (Wildman–Crippen LogP) is 1.83. The number of hydrogen-bond donors (Lipinski definition) is 1. The van der Waals surface area contributed by atoms with E-state index in [1.54, 1.807) is 24.3 Å². The van der Waals surface area contributed by atoms with E-state index in [-0.39, 0.29) is 19.0 Å². The molecule has 9 nitrogen and oxygen atoms in total. The number of sulfonamides is 1. The van der Waals surface area contributed by atoms with Gasteiger partial charge in [-0.1, -0.05) is 35.5 Å². The molecule has 0 aliphatic heterocycles. The van der Waals surface area contributed by atoms with Crippen LogP contribution in [-0.2, 0) is 21.4 Å². The Morgan fingerprint density at radius 2 is 1.83 bits per heavy atom. The van der Waals surface area contributed by atoms with Crippen LogP contribution in [0.25, 0.3) is 11.4 Å². The second-order valence-corrected chi connectivity index (χ2v) is 8.03. The Morgan fingerprint density at radius 1 is 1.14 bits per heavy atom. The highest BCUT2D eigenvalue weighted by Crippen LogP contribution is 2.21. The highest BCUT2D eigenvalue weighted by Gasteiger charge is 2.21. The fourth-order valence-corrected chi connectivity index (χ4v) is 3.40. The largest absolute Gasteiger partial charge is 0.497 e. The number of anilines is 1. The number of rotatable bonds is 8. The van der Waals surface area contributed by atoms with Gasteiger partial charge in [0.1, 0.15) is 12.3 Å². The first-order valence-electron chi connectivity index (χ1n) is 8.63. The number of benzene rings is 2. The van der Waals surface area contributed by atoms with Crippen molar-refractivity contribution in [3.8, 4) is 17.1 Å². The molecule has 29 heavy (non-hydrogen) atoms. The van der Waals surface area contributed by atoms with E-state index in [0.29, 0.717) is 17.3 Å². The second kappa shape index (κ2) is 8.74. The first-order valence-corrected chi connectivity index (χ1v) is 10.5. The third-order valence-electron chi connectivity index (χ3n) is 3.98. The Bertz CT molecular complexity index is 1070. The van der Waals surface area contributed by atoms with Gasteiger partial charge in [-0.25, -0.2) is 8.42 Å². The Balaban J connectivity index is 1.64. The number of carbonyl (C=O) groups is 1. The molecule has 2 aromatic carbocycles. The Kier molecular flexibility index (Phi) is 6.13. The molecule has 1 aromatic heterocycles. The van der Waals surface area contributed by atoms with Gasteiger partial charge in [0.25, 0.3) is 0 Å². The summed E-state index contributed by atoms with van der Waals surface area (Å²) in [4.78, 5) is 16.5. The number of methoxy groups -OCH3 is 1. The van der Waals surface area contributed by atoms with E-state index in [9.17, 15) is 13.2 Å². The normalized spacial score (nSPS) is 11.1. The number of amides is 1. The van der Waals surface area contributed by atoms with Crippen molar-refractivity contribution in [1.82, 2.24) is 15.5 Å². The SMILES string of the molecule is COc1ccc(N(CC(=O)NCc2nc(-c3ccccc3)no2)S(C)(=O)=O)cc1. The number of nitrogens with zero attached hydrogens (tertiary/aromatic N) is 3. The van der Waals surface area contributed by atoms with Crippen molar-refractivity contribution in [2.75, 3.05) is 24.2 Å². The smallest absolute Gasteiger partial charge is 0.246 e. The summed E-state index contributed by atoms with van der Waals surface area (Å²) in [6.07, 6.45) is 1.04. The lowest BCUT2D eigenvalue weighted by atomic mass is 10.2. The van der Waals surface area contributed by atoms with Gasteiger partial charge in [0.15, 0.2) is 0 Å². The van der Waals surface area contributed by atoms with Crippen LogP contribution in [0.3, 0.4) is 0 Å². The Labute approximate surface area is 168 Å². The van der Waals surface area contributed by atoms with Gasteiger partial charge in [-0.3, -0.25) is 9.10 Å². The van der Waals surface area contributed by atoms with Crippen LogP contribution in [0.15, 0.2) is 59.1 Å². The summed E-state index contributed by atoms with van der Waals surface area (Å²) in [7, 11) is -2.16. The van der Waals surface area contributed by atoms with Crippen molar-refractivity contribution in [2.24, 2.45) is 0 Å². The summed E-state index contributed by atoms with van der Waals surface area (Å²) in [5.74, 6) is 0.696. The molecule has 0 spiro atoms. The number of carbonyl (C=O) groups excluding carboxylic acids is 1. The summed E-state index contributed by atoms with van der Waals surface area (Å²) < 4.78 is 35.5. The molecule has 152 valence electrons. The fourth-order valence-electron chi connectivity index (χ4n) is 2.54. The molecule has 0 bridgehead atoms. The molecule has 3 aromatic rings. The molecule has 0 saturated heterocycles. The summed E-state index contributed by atoms with van der Waals surface area (Å²) >= 11 is 0. The average Bonchev–Trinajstić information content (AvgIpc) is 3.19. The van der Waals surface area contributed by atoms with Gasteiger partial charge in [0.2, 0.25) is 27.6 Å². The molecule has 3 rings (SSSR count). The molecule has 0 saturated carbocycles. The van der Waals surface area contributed by atoms with Crippen molar-refractivity contribution in [1.29, 1.82) is 0 Å². The summed E-state index contributed by atoms with van der Waals surface area (Å²) in [5.41, 5.74) is 1.14. The topological polar surface area (TPSA) is 115 Å². The van der Waals surface area contributed by atoms with E-state index in [2.05, 4.69) is 15.5 Å². The summed E-state index contributed by atoms with van der Waals surface area (Å²) in [6.45, 7) is -0.399. The highest BCUT2D eigenvalue weighted by atomic mass is 32.2. The zero-order valence-electron chi connectivity index (χ0n) is 15.9. The molecule has 0 unspecified atom stereocenters. The minimum atomic E-state index is -3.67. The van der Waals surface area contributed by atoms with E-state index in [4.69, 9.17) is 9.26 Å². The Hall–Kier alpha value is -3.40. The molecule has 0 fully saturated rings. The minimum Gasteiger partial charge on any atom is -0.497 e. The number of ether oxygens (including phenoxy) is 1. The van der Waals surface area contributed by atoms with Gasteiger partial charge in [0.05, 0.1) is 25.6 Å². The van der Waals surface area contributed by atoms with Gasteiger partial charge in [-0.15, -0.1) is 0 Å². The van der Waals surface area contributed by atoms with E-state index in [0.717, 1.165) is 16.1 Å². The van der Waals surface area contributed by atoms with Crippen LogP contribution >= 0.6 is 0 Å². The van der Waals surface area contributed by atoms with Crippen molar-refractivity contribution < 1.29 is 22.5 Å². The highest BCUT2D eigenvalue weighted by molar-refractivity contribution is 7.92. The molecule has 10 heteroatoms. The van der Waals surface area contributed by atoms with Crippen LogP contribution in [0.2, 0.25) is 0 Å². The van der Waals surface area contributed by atoms with E-state index in [1.807, 2.05) is 30.3 Å². The number of hydrogen-bond acceptors (Lipinski definition) is 7. The van der Waals surface area contributed by atoms with Crippen LogP contribution in [0.1, 0.15) is 5.89 Å². The van der Waals surface area contributed by atoms with E-state index >= 15 is 0 Å². The number of nitrogens with one attached hydrogen (secondary N) is 1. The maximum atomic E-state index is 12.3. The molecule has 1 N–H and O–H groups in total. The van der Waals surface area contributed by atoms with Crippen molar-refractivity contribution in [3.63, 3.8) is 0 Å². The van der Waals surface area contributed by atoms with Gasteiger partial charge in [-0.2, -0.15) is 4.98 Å². The zero-order valence-corrected chi connectivity index (χ0v) is 16.7. The quantitative estimate of drug-likeness (QED) is 0.596. The van der Waals surface area contributed by atoms with E-state index < -0.39 is 15.9 Å². The van der Waals surface area contributed by atoms with Crippen LogP contribution in [-0.4, -0.2) is 44.4 Å². The first-order chi connectivity index (χ1) is 13.9. The van der Waals surface area contributed by atoms with Crippen molar-refractivity contribution in [2.45, 2.75) is 6.54 Å². The van der Waals surface area contributed by atoms with Crippen LogP contribution in [0.4, 0.5) is 5.69 Å². The maximum absolute atomic E-state index is 12.3. The molecule has 1 heterocycles. The first kappa shape index (κ1) is 20.3. The van der Waals surface area contributed by atoms with Crippen molar-refractivity contribution in [3.05, 3.63) is 60.5 Å². The van der Waals surface area contributed by atoms with Gasteiger partial charge in [-0.05, 0) is 24.3 Å². The monoisotopic (exact) mass is 416 g/mol. The van der Waals surface area contributed by atoms with Crippen LogP contribution in [0, 0.1) is 0 Å². The lowest BCUT2D eigenvalue weighted by Crippen LogP contribution is -2.40. The molecule has 0 aliphatic rings. The van der Waals surface area contributed by atoms with Crippen molar-refractivity contribution >= 4 is 21.6 Å². The standard InChI is InChI=1S/C19H20N4O5S/c1-27-16-10-8-15(9-11-16)23(29(2,25)26)13-17(24)20-12-18-21-19(22-28-18)14-6-4-3-5-7-14/h3-11H,12-13H2,1-2H3,(H,20,24). The molecule has 1 amide bonds. The maximum Gasteiger partial charge on any atom is 0.246 e. The molecule has 0 aliphatic carbocycles. The van der Waals surface area contributed by atoms with Crippen LogP contribution in [0.5, 0.6) is 5.75 Å². The second-order valence-electron chi connectivity index (χ2n) is 6.12.